The van der Waals surface area contributed by atoms with Gasteiger partial charge in [-0.05, 0) is 85.2 Å². The van der Waals surface area contributed by atoms with Gasteiger partial charge in [0.2, 0.25) is 5.91 Å². The molecule has 3 fully saturated rings. The SMILES string of the molecule is C=CC(=O)NC12CCC(C)(C)CC1C1C(=O)C=C3C4(C)C=C(C#N)C(=O)C(C)(C)C4CCC3(C)C1(C)CC2. The molecule has 0 aromatic rings. The summed E-state index contributed by atoms with van der Waals surface area (Å²) in [4.78, 5) is 40.3. The molecule has 0 aromatic heterocycles. The highest BCUT2D eigenvalue weighted by Gasteiger charge is 2.70. The van der Waals surface area contributed by atoms with E-state index in [9.17, 15) is 19.6 Å². The van der Waals surface area contributed by atoms with Gasteiger partial charge >= 0.3 is 0 Å². The summed E-state index contributed by atoms with van der Waals surface area (Å²) < 4.78 is 0. The predicted molar refractivity (Wildman–Crippen MR) is 148 cm³/mol. The lowest BCUT2D eigenvalue weighted by Crippen LogP contribution is -2.69. The minimum absolute atomic E-state index is 0.0371. The molecule has 3 saturated carbocycles. The minimum atomic E-state index is -0.665. The maximum atomic E-state index is 14.4. The number of hydrogen-bond acceptors (Lipinski definition) is 4. The topological polar surface area (TPSA) is 87.0 Å². The summed E-state index contributed by atoms with van der Waals surface area (Å²) >= 11 is 0. The lowest BCUT2D eigenvalue weighted by molar-refractivity contribution is -0.163. The number of carbonyl (C=O) groups excluding carboxylic acids is 3. The summed E-state index contributed by atoms with van der Waals surface area (Å²) in [6, 6.07) is 2.18. The van der Waals surface area contributed by atoms with Gasteiger partial charge in [0, 0.05) is 22.3 Å². The van der Waals surface area contributed by atoms with Crippen molar-refractivity contribution in [2.45, 2.75) is 99.0 Å². The van der Waals surface area contributed by atoms with E-state index in [1.54, 1.807) is 0 Å². The number of ketones is 2. The third-order valence-electron chi connectivity index (χ3n) is 12.4. The van der Waals surface area contributed by atoms with E-state index in [0.717, 1.165) is 50.5 Å². The van der Waals surface area contributed by atoms with Crippen molar-refractivity contribution in [2.24, 2.45) is 44.8 Å². The normalized spacial score (nSPS) is 44.6. The lowest BCUT2D eigenvalue weighted by Gasteiger charge is -2.69. The van der Waals surface area contributed by atoms with Crippen LogP contribution in [0.5, 0.6) is 0 Å². The molecule has 0 heterocycles. The maximum absolute atomic E-state index is 14.4. The highest BCUT2D eigenvalue weighted by atomic mass is 16.2. The van der Waals surface area contributed by atoms with Crippen molar-refractivity contribution in [1.82, 2.24) is 5.32 Å². The van der Waals surface area contributed by atoms with Gasteiger partial charge < -0.3 is 5.32 Å². The van der Waals surface area contributed by atoms with Gasteiger partial charge in [0.05, 0.1) is 5.57 Å². The second kappa shape index (κ2) is 8.03. The summed E-state index contributed by atoms with van der Waals surface area (Å²) in [6.45, 7) is 19.0. The van der Waals surface area contributed by atoms with Crippen molar-refractivity contribution >= 4 is 17.5 Å². The minimum Gasteiger partial charge on any atom is -0.347 e. The highest BCUT2D eigenvalue weighted by Crippen LogP contribution is 2.73. The number of hydrogen-bond donors (Lipinski definition) is 1. The van der Waals surface area contributed by atoms with Gasteiger partial charge in [-0.1, -0.05) is 66.7 Å². The van der Waals surface area contributed by atoms with E-state index in [2.05, 4.69) is 52.6 Å². The maximum Gasteiger partial charge on any atom is 0.243 e. The molecule has 0 bridgehead atoms. The molecule has 1 N–H and O–H groups in total. The first-order chi connectivity index (χ1) is 17.5. The van der Waals surface area contributed by atoms with Crippen LogP contribution in [-0.4, -0.2) is 23.0 Å². The number of allylic oxidation sites excluding steroid dienone is 4. The number of rotatable bonds is 2. The van der Waals surface area contributed by atoms with Gasteiger partial charge in [-0.15, -0.1) is 0 Å². The standard InChI is InChI=1S/C33H44N2O3/c1-9-25(37)35-33-14-12-28(2,3)18-21(33)26-22(36)16-24-30(6)17-20(19-34)27(38)29(4,5)23(30)10-11-31(24,7)32(26,8)13-15-33/h9,16-17,21,23,26H,1,10-15,18H2,2-8H3,(H,35,37). The predicted octanol–water partition coefficient (Wildman–Crippen LogP) is 6.26. The van der Waals surface area contributed by atoms with E-state index in [1.807, 2.05) is 26.0 Å². The first-order valence-corrected chi connectivity index (χ1v) is 14.4. The average Bonchev–Trinajstić information content (AvgIpc) is 2.83. The van der Waals surface area contributed by atoms with Crippen LogP contribution in [0.3, 0.4) is 0 Å². The van der Waals surface area contributed by atoms with E-state index in [1.165, 1.54) is 6.08 Å². The molecule has 5 aliphatic rings. The van der Waals surface area contributed by atoms with E-state index in [-0.39, 0.29) is 57.0 Å². The van der Waals surface area contributed by atoms with E-state index < -0.39 is 16.4 Å². The monoisotopic (exact) mass is 516 g/mol. The molecular weight excluding hydrogens is 472 g/mol. The van der Waals surface area contributed by atoms with Crippen LogP contribution in [0.4, 0.5) is 0 Å². The Bertz CT molecular complexity index is 1250. The van der Waals surface area contributed by atoms with Crippen molar-refractivity contribution in [2.75, 3.05) is 0 Å². The molecule has 0 radical (unpaired) electrons. The van der Waals surface area contributed by atoms with Gasteiger partial charge in [-0.25, -0.2) is 0 Å². The fourth-order valence-corrected chi connectivity index (χ4v) is 10.1. The number of fused-ring (bicyclic) bond motifs is 7. The van der Waals surface area contributed by atoms with Crippen LogP contribution >= 0.6 is 0 Å². The summed E-state index contributed by atoms with van der Waals surface area (Å²) in [5.41, 5.74) is -0.693. The molecule has 0 aromatic carbocycles. The van der Waals surface area contributed by atoms with E-state index in [4.69, 9.17) is 0 Å². The Hall–Kier alpha value is -2.48. The quantitative estimate of drug-likeness (QED) is 0.439. The molecule has 7 unspecified atom stereocenters. The summed E-state index contributed by atoms with van der Waals surface area (Å²) in [7, 11) is 0. The molecule has 7 atom stereocenters. The van der Waals surface area contributed by atoms with Crippen LogP contribution in [0.25, 0.3) is 0 Å². The fourth-order valence-electron chi connectivity index (χ4n) is 10.1. The Labute approximate surface area is 228 Å². The number of Topliss-reactive ketones (excluding diaryl/α,β-unsaturated/α-hetero) is 1. The summed E-state index contributed by atoms with van der Waals surface area (Å²) in [6.07, 6.45) is 11.4. The molecule has 0 saturated heterocycles. The number of nitrogens with zero attached hydrogens (tertiary/aromatic N) is 1. The third-order valence-corrected chi connectivity index (χ3v) is 12.4. The molecule has 5 rings (SSSR count). The van der Waals surface area contributed by atoms with Crippen LogP contribution in [0.15, 0.2) is 36.0 Å². The zero-order valence-electron chi connectivity index (χ0n) is 24.3. The molecule has 0 aliphatic heterocycles. The number of carbonyl (C=O) groups is 3. The van der Waals surface area contributed by atoms with E-state index >= 15 is 0 Å². The number of amides is 1. The largest absolute Gasteiger partial charge is 0.347 e. The van der Waals surface area contributed by atoms with Crippen molar-refractivity contribution in [3.8, 4) is 6.07 Å². The number of nitriles is 1. The highest BCUT2D eigenvalue weighted by molar-refractivity contribution is 6.04. The Morgan fingerprint density at radius 2 is 1.71 bits per heavy atom. The van der Waals surface area contributed by atoms with Crippen LogP contribution < -0.4 is 5.32 Å². The molecule has 5 aliphatic carbocycles. The zero-order chi connectivity index (χ0) is 28.1. The molecule has 5 heteroatoms. The molecule has 0 spiro atoms. The van der Waals surface area contributed by atoms with Crippen LogP contribution in [0.2, 0.25) is 0 Å². The van der Waals surface area contributed by atoms with Crippen LogP contribution in [0, 0.1) is 56.2 Å². The Kier molecular flexibility index (Phi) is 5.72. The van der Waals surface area contributed by atoms with Crippen molar-refractivity contribution < 1.29 is 14.4 Å². The second-order valence-electron chi connectivity index (χ2n) is 15.1. The Balaban J connectivity index is 1.68. The van der Waals surface area contributed by atoms with Crippen molar-refractivity contribution in [3.63, 3.8) is 0 Å². The molecule has 204 valence electrons. The fraction of sp³-hybridized carbons (Fsp3) is 0.697. The smallest absolute Gasteiger partial charge is 0.243 e. The summed E-state index contributed by atoms with van der Waals surface area (Å²) in [5, 5.41) is 13.2. The Morgan fingerprint density at radius 1 is 1.05 bits per heavy atom. The first kappa shape index (κ1) is 27.1. The zero-order valence-corrected chi connectivity index (χ0v) is 24.3. The van der Waals surface area contributed by atoms with Crippen LogP contribution in [0.1, 0.15) is 93.4 Å². The van der Waals surface area contributed by atoms with Gasteiger partial charge in [-0.3, -0.25) is 14.4 Å². The second-order valence-corrected chi connectivity index (χ2v) is 15.1. The first-order valence-electron chi connectivity index (χ1n) is 14.4. The van der Waals surface area contributed by atoms with Gasteiger partial charge in [0.25, 0.3) is 0 Å². The van der Waals surface area contributed by atoms with Gasteiger partial charge in [-0.2, -0.15) is 5.26 Å². The molecule has 38 heavy (non-hydrogen) atoms. The molecular formula is C33H44N2O3. The van der Waals surface area contributed by atoms with Gasteiger partial charge in [0.15, 0.2) is 11.6 Å². The number of nitrogens with one attached hydrogen (secondary N) is 1. The molecule has 1 amide bonds. The van der Waals surface area contributed by atoms with Crippen molar-refractivity contribution in [3.05, 3.63) is 36.0 Å². The average molecular weight is 517 g/mol. The van der Waals surface area contributed by atoms with Crippen molar-refractivity contribution in [1.29, 1.82) is 5.26 Å². The Morgan fingerprint density at radius 3 is 2.34 bits per heavy atom. The van der Waals surface area contributed by atoms with Gasteiger partial charge in [0.1, 0.15) is 6.07 Å². The van der Waals surface area contributed by atoms with E-state index in [0.29, 0.717) is 0 Å². The summed E-state index contributed by atoms with van der Waals surface area (Å²) in [5.74, 6) is -0.176. The third kappa shape index (κ3) is 3.31. The lowest BCUT2D eigenvalue weighted by atomic mass is 9.35. The molecule has 5 nitrogen and oxygen atoms in total. The van der Waals surface area contributed by atoms with Crippen LogP contribution in [-0.2, 0) is 14.4 Å².